The van der Waals surface area contributed by atoms with E-state index in [1.165, 1.54) is 36.4 Å². The number of benzene rings is 2. The number of halogens is 4. The van der Waals surface area contributed by atoms with E-state index in [0.717, 1.165) is 12.1 Å². The van der Waals surface area contributed by atoms with E-state index in [9.17, 15) is 28.4 Å². The van der Waals surface area contributed by atoms with Gasteiger partial charge in [0.25, 0.3) is 5.69 Å². The molecule has 0 aliphatic carbocycles. The molecular weight excluding hydrogens is 491 g/mol. The highest BCUT2D eigenvalue weighted by atomic mass is 35.5. The number of hydrogen-bond donors (Lipinski definition) is 3. The van der Waals surface area contributed by atoms with Crippen molar-refractivity contribution in [1.29, 1.82) is 0 Å². The molecule has 0 spiro atoms. The fourth-order valence-electron chi connectivity index (χ4n) is 3.07. The molecule has 1 atom stereocenters. The Kier molecular flexibility index (Phi) is 7.97. The highest BCUT2D eigenvalue weighted by Gasteiger charge is 2.31. The molecule has 3 N–H and O–H groups in total. The van der Waals surface area contributed by atoms with Gasteiger partial charge < -0.3 is 20.5 Å². The number of aliphatic hydroxyl groups excluding tert-OH is 1. The van der Waals surface area contributed by atoms with Gasteiger partial charge in [0.05, 0.1) is 23.3 Å². The van der Waals surface area contributed by atoms with E-state index in [0.29, 0.717) is 0 Å². The molecule has 13 heteroatoms. The Morgan fingerprint density at radius 3 is 2.54 bits per heavy atom. The number of rotatable bonds is 9. The van der Waals surface area contributed by atoms with Crippen LogP contribution in [-0.4, -0.2) is 39.0 Å². The lowest BCUT2D eigenvalue weighted by atomic mass is 10.1. The fraction of sp³-hybridized carbons (Fsp3) is 0.273. The lowest BCUT2D eigenvalue weighted by Gasteiger charge is -2.21. The molecule has 1 aromatic heterocycles. The summed E-state index contributed by atoms with van der Waals surface area (Å²) in [5, 5.41) is 27.2. The predicted octanol–water partition coefficient (Wildman–Crippen LogP) is 5.78. The zero-order chi connectivity index (χ0) is 25.8. The van der Waals surface area contributed by atoms with Crippen LogP contribution in [0.15, 0.2) is 48.5 Å². The number of nitrogens with one attached hydrogen (secondary N) is 2. The topological polar surface area (TPSA) is 122 Å². The van der Waals surface area contributed by atoms with Gasteiger partial charge in [0, 0.05) is 22.7 Å². The number of hydrogen-bond acceptors (Lipinski definition) is 8. The largest absolute Gasteiger partial charge is 0.573 e. The number of nitro groups is 1. The van der Waals surface area contributed by atoms with Crippen molar-refractivity contribution in [3.63, 3.8) is 0 Å². The van der Waals surface area contributed by atoms with Crippen LogP contribution in [0, 0.1) is 16.0 Å². The molecule has 2 aromatic carbocycles. The zero-order valence-electron chi connectivity index (χ0n) is 18.5. The zero-order valence-corrected chi connectivity index (χ0v) is 19.3. The van der Waals surface area contributed by atoms with Crippen LogP contribution in [-0.2, 0) is 0 Å². The molecular formula is C22H21ClF3N5O4. The van der Waals surface area contributed by atoms with Crippen molar-refractivity contribution in [3.8, 4) is 17.0 Å². The molecule has 0 bridgehead atoms. The number of anilines is 3. The Bertz CT molecular complexity index is 1210. The van der Waals surface area contributed by atoms with E-state index in [4.69, 9.17) is 11.6 Å². The maximum atomic E-state index is 12.7. The molecule has 0 aliphatic heterocycles. The third-order valence-corrected chi connectivity index (χ3v) is 5.06. The molecule has 0 radical (unpaired) electrons. The average molecular weight is 512 g/mol. The van der Waals surface area contributed by atoms with E-state index >= 15 is 0 Å². The molecule has 0 fully saturated rings. The highest BCUT2D eigenvalue weighted by Crippen LogP contribution is 2.33. The van der Waals surface area contributed by atoms with E-state index in [-0.39, 0.29) is 51.9 Å². The summed E-state index contributed by atoms with van der Waals surface area (Å²) in [6, 6.07) is 10.1. The van der Waals surface area contributed by atoms with Gasteiger partial charge in [-0.05, 0) is 30.2 Å². The molecule has 0 saturated carbocycles. The molecule has 186 valence electrons. The molecule has 0 saturated heterocycles. The van der Waals surface area contributed by atoms with Crippen LogP contribution in [0.5, 0.6) is 5.75 Å². The minimum absolute atomic E-state index is 0.0128. The van der Waals surface area contributed by atoms with E-state index in [2.05, 4.69) is 25.3 Å². The van der Waals surface area contributed by atoms with Crippen LogP contribution in [0.25, 0.3) is 11.3 Å². The number of ether oxygens (including phenoxy) is 1. The Labute approximate surface area is 203 Å². The smallest absolute Gasteiger partial charge is 0.406 e. The van der Waals surface area contributed by atoms with Crippen LogP contribution in [0.1, 0.15) is 13.8 Å². The summed E-state index contributed by atoms with van der Waals surface area (Å²) in [7, 11) is 0. The summed E-state index contributed by atoms with van der Waals surface area (Å²) in [5.74, 6) is -0.310. The monoisotopic (exact) mass is 511 g/mol. The molecule has 0 aliphatic rings. The second-order valence-corrected chi connectivity index (χ2v) is 8.20. The number of alkyl halides is 3. The van der Waals surface area contributed by atoms with Crippen molar-refractivity contribution in [2.24, 2.45) is 5.92 Å². The lowest BCUT2D eigenvalue weighted by molar-refractivity contribution is -0.383. The van der Waals surface area contributed by atoms with Crippen molar-refractivity contribution in [2.45, 2.75) is 26.3 Å². The molecule has 9 nitrogen and oxygen atoms in total. The van der Waals surface area contributed by atoms with Crippen molar-refractivity contribution in [2.75, 3.05) is 17.2 Å². The van der Waals surface area contributed by atoms with Crippen molar-refractivity contribution in [1.82, 2.24) is 9.97 Å². The summed E-state index contributed by atoms with van der Waals surface area (Å²) >= 11 is 6.00. The Hall–Kier alpha value is -3.64. The predicted molar refractivity (Wildman–Crippen MR) is 125 cm³/mol. The molecule has 0 unspecified atom stereocenters. The highest BCUT2D eigenvalue weighted by molar-refractivity contribution is 6.31. The normalized spacial score (nSPS) is 12.3. The summed E-state index contributed by atoms with van der Waals surface area (Å²) in [4.78, 5) is 19.5. The van der Waals surface area contributed by atoms with Crippen molar-refractivity contribution >= 4 is 34.7 Å². The van der Waals surface area contributed by atoms with Gasteiger partial charge in [0.15, 0.2) is 0 Å². The van der Waals surface area contributed by atoms with Gasteiger partial charge in [-0.3, -0.25) is 10.1 Å². The van der Waals surface area contributed by atoms with Crippen molar-refractivity contribution < 1.29 is 27.9 Å². The maximum Gasteiger partial charge on any atom is 0.573 e. The third-order valence-electron chi connectivity index (χ3n) is 4.82. The molecule has 3 aromatic rings. The van der Waals surface area contributed by atoms with Crippen LogP contribution >= 0.6 is 11.6 Å². The SMILES string of the molecule is CC(C)[C@@H](CO)Nc1nc(Nc2cc(Cl)ccc2[N+](=O)[O-])cc(-c2cccc(OC(F)(F)F)c2)n1. The average Bonchev–Trinajstić information content (AvgIpc) is 2.76. The van der Waals surface area contributed by atoms with Crippen LogP contribution < -0.4 is 15.4 Å². The van der Waals surface area contributed by atoms with Gasteiger partial charge in [-0.15, -0.1) is 13.2 Å². The fourth-order valence-corrected chi connectivity index (χ4v) is 3.24. The molecule has 0 amide bonds. The number of nitrogens with zero attached hydrogens (tertiary/aromatic N) is 3. The minimum atomic E-state index is -4.87. The van der Waals surface area contributed by atoms with Crippen LogP contribution in [0.3, 0.4) is 0 Å². The summed E-state index contributed by atoms with van der Waals surface area (Å²) in [6.07, 6.45) is -4.87. The first kappa shape index (κ1) is 26.0. The molecule has 1 heterocycles. The minimum Gasteiger partial charge on any atom is -0.406 e. The molecule has 35 heavy (non-hydrogen) atoms. The number of aliphatic hydroxyl groups is 1. The van der Waals surface area contributed by atoms with Crippen molar-refractivity contribution in [3.05, 3.63) is 63.7 Å². The van der Waals surface area contributed by atoms with Gasteiger partial charge in [-0.1, -0.05) is 37.6 Å². The van der Waals surface area contributed by atoms with Gasteiger partial charge in [0.1, 0.15) is 17.3 Å². The summed E-state index contributed by atoms with van der Waals surface area (Å²) < 4.78 is 42.0. The Morgan fingerprint density at radius 1 is 1.17 bits per heavy atom. The standard InChI is InChI=1S/C22H21ClF3N5O4/c1-12(2)18(11-32)29-21-28-16(13-4-3-5-15(8-13)35-22(24,25)26)10-20(30-21)27-17-9-14(23)6-7-19(17)31(33)34/h3-10,12,18,32H,11H2,1-2H3,(H2,27,28,29,30)/t18-/m1/s1. The van der Waals surface area contributed by atoms with Gasteiger partial charge >= 0.3 is 6.36 Å². The number of nitro benzene ring substituents is 1. The van der Waals surface area contributed by atoms with E-state index < -0.39 is 23.1 Å². The third kappa shape index (κ3) is 7.17. The Balaban J connectivity index is 2.08. The van der Waals surface area contributed by atoms with Crippen LogP contribution in [0.2, 0.25) is 5.02 Å². The van der Waals surface area contributed by atoms with Gasteiger partial charge in [-0.25, -0.2) is 4.98 Å². The molecule has 3 rings (SSSR count). The van der Waals surface area contributed by atoms with Crippen LogP contribution in [0.4, 0.5) is 36.3 Å². The second-order valence-electron chi connectivity index (χ2n) is 7.76. The first-order valence-corrected chi connectivity index (χ1v) is 10.7. The summed E-state index contributed by atoms with van der Waals surface area (Å²) in [6.45, 7) is 3.50. The maximum absolute atomic E-state index is 12.7. The van der Waals surface area contributed by atoms with E-state index in [1.54, 1.807) is 0 Å². The van der Waals surface area contributed by atoms with E-state index in [1.807, 2.05) is 13.8 Å². The van der Waals surface area contributed by atoms with Gasteiger partial charge in [0.2, 0.25) is 5.95 Å². The Morgan fingerprint density at radius 2 is 1.91 bits per heavy atom. The second kappa shape index (κ2) is 10.7. The van der Waals surface area contributed by atoms with Gasteiger partial charge in [-0.2, -0.15) is 4.98 Å². The summed E-state index contributed by atoms with van der Waals surface area (Å²) in [5.41, 5.74) is 0.253. The quantitative estimate of drug-likeness (QED) is 0.244. The first-order chi connectivity index (χ1) is 16.4. The first-order valence-electron chi connectivity index (χ1n) is 10.3. The number of aromatic nitrogens is 2. The lowest BCUT2D eigenvalue weighted by Crippen LogP contribution is -2.30.